The van der Waals surface area contributed by atoms with E-state index in [1.165, 1.54) is 51.9 Å². The van der Waals surface area contributed by atoms with E-state index in [2.05, 4.69) is 25.1 Å². The first-order chi connectivity index (χ1) is 21.4. The molecule has 0 unspecified atom stereocenters. The van der Waals surface area contributed by atoms with Gasteiger partial charge < -0.3 is 10.1 Å². The molecule has 45 heavy (non-hydrogen) atoms. The lowest BCUT2D eigenvalue weighted by atomic mass is 9.99. The van der Waals surface area contributed by atoms with E-state index < -0.39 is 12.4 Å². The number of halogens is 4. The fourth-order valence-corrected chi connectivity index (χ4v) is 5.53. The number of rotatable bonds is 7. The second-order valence-electron chi connectivity index (χ2n) is 10.2. The number of alkyl halides is 3. The normalized spacial score (nSPS) is 14.6. The third-order valence-electron chi connectivity index (χ3n) is 6.52. The van der Waals surface area contributed by atoms with Crippen LogP contribution in [-0.2, 0) is 4.79 Å². The average Bonchev–Trinajstić information content (AvgIpc) is 3.59. The Hall–Kier alpha value is -4.62. The Balaban J connectivity index is 1.25. The number of amidine groups is 1. The number of anilines is 2. The molecule has 0 spiro atoms. The van der Waals surface area contributed by atoms with E-state index in [9.17, 15) is 22.8 Å². The predicted molar refractivity (Wildman–Crippen MR) is 170 cm³/mol. The number of carbonyl (C=O) groups excluding carboxylic acids is 2. The van der Waals surface area contributed by atoms with Crippen LogP contribution in [0.25, 0.3) is 17.8 Å². The number of benzene rings is 3. The highest BCUT2D eigenvalue weighted by atomic mass is 35.5. The molecule has 0 saturated carbocycles. The first-order valence-corrected chi connectivity index (χ1v) is 14.9. The lowest BCUT2D eigenvalue weighted by Gasteiger charge is -2.22. The van der Waals surface area contributed by atoms with E-state index in [0.717, 1.165) is 11.1 Å². The monoisotopic (exact) mass is 654 g/mol. The van der Waals surface area contributed by atoms with Gasteiger partial charge in [0.2, 0.25) is 5.91 Å². The van der Waals surface area contributed by atoms with E-state index in [-0.39, 0.29) is 33.5 Å². The molecule has 1 aromatic heterocycles. The summed E-state index contributed by atoms with van der Waals surface area (Å²) in [6, 6.07) is 15.4. The van der Waals surface area contributed by atoms with Crippen LogP contribution in [0, 0.1) is 6.92 Å². The molecule has 0 bridgehead atoms. The third kappa shape index (κ3) is 7.91. The summed E-state index contributed by atoms with van der Waals surface area (Å²) in [5, 5.41) is 7.53. The molecule has 1 aliphatic heterocycles. The number of carbonyl (C=O) groups is 2. The summed E-state index contributed by atoms with van der Waals surface area (Å²) >= 11 is 7.64. The molecule has 1 fully saturated rings. The minimum absolute atomic E-state index is 0.152. The molecule has 0 radical (unpaired) electrons. The van der Waals surface area contributed by atoms with Gasteiger partial charge in [-0.3, -0.25) is 9.69 Å². The maximum Gasteiger partial charge on any atom is 0.573 e. The molecule has 5 rings (SSSR count). The largest absolute Gasteiger partial charge is 0.573 e. The first-order valence-electron chi connectivity index (χ1n) is 13.6. The van der Waals surface area contributed by atoms with Crippen molar-refractivity contribution in [2.45, 2.75) is 33.1 Å². The fraction of sp³-hybridized carbons (Fsp3) is 0.194. The highest BCUT2D eigenvalue weighted by Gasteiger charge is 2.33. The highest BCUT2D eigenvalue weighted by Crippen LogP contribution is 2.34. The van der Waals surface area contributed by atoms with E-state index in [4.69, 9.17) is 11.6 Å². The van der Waals surface area contributed by atoms with Crippen molar-refractivity contribution in [2.75, 3.05) is 16.0 Å². The Morgan fingerprint density at radius 3 is 2.56 bits per heavy atom. The SMILES string of the molecule is Cc1ccc(C(C)C)c(N2C(=O)CSC2=NC(=O)Nc2ccc(/C=C/c3ncn(-c4ccc(OC(F)(F)F)cc4)n3)cc2Cl)c1. The van der Waals surface area contributed by atoms with Crippen LogP contribution < -0.4 is 15.0 Å². The number of nitrogens with zero attached hydrogens (tertiary/aromatic N) is 5. The van der Waals surface area contributed by atoms with Crippen molar-refractivity contribution in [1.82, 2.24) is 14.8 Å². The minimum atomic E-state index is -4.77. The Morgan fingerprint density at radius 2 is 1.87 bits per heavy atom. The molecule has 2 heterocycles. The molecular formula is C31H26ClF3N6O3S. The van der Waals surface area contributed by atoms with Crippen molar-refractivity contribution < 1.29 is 27.5 Å². The van der Waals surface area contributed by atoms with Gasteiger partial charge in [0.25, 0.3) is 0 Å². The number of ether oxygens (including phenoxy) is 1. The number of aromatic nitrogens is 3. The summed E-state index contributed by atoms with van der Waals surface area (Å²) in [5.74, 6) is 0.190. The number of aryl methyl sites for hydroxylation is 1. The summed E-state index contributed by atoms with van der Waals surface area (Å²) in [6.07, 6.45) is -0.00420. The molecule has 0 aliphatic carbocycles. The third-order valence-corrected chi connectivity index (χ3v) is 7.75. The van der Waals surface area contributed by atoms with Crippen molar-refractivity contribution in [3.63, 3.8) is 0 Å². The Kier molecular flexibility index (Phi) is 9.30. The molecule has 1 aliphatic rings. The van der Waals surface area contributed by atoms with Gasteiger partial charge in [-0.2, -0.15) is 4.99 Å². The Morgan fingerprint density at radius 1 is 1.11 bits per heavy atom. The number of aliphatic imine (C=N–C) groups is 1. The second kappa shape index (κ2) is 13.2. The van der Waals surface area contributed by atoms with Gasteiger partial charge in [-0.1, -0.05) is 61.5 Å². The number of hydrogen-bond donors (Lipinski definition) is 1. The van der Waals surface area contributed by atoms with Crippen molar-refractivity contribution in [3.8, 4) is 11.4 Å². The molecule has 14 heteroatoms. The number of hydrogen-bond acceptors (Lipinski definition) is 6. The van der Waals surface area contributed by atoms with Gasteiger partial charge in [0, 0.05) is 0 Å². The van der Waals surface area contributed by atoms with Gasteiger partial charge in [-0.25, -0.2) is 14.5 Å². The first kappa shape index (κ1) is 31.8. The molecule has 232 valence electrons. The maximum absolute atomic E-state index is 12.9. The van der Waals surface area contributed by atoms with Crippen molar-refractivity contribution >= 4 is 64.0 Å². The number of amides is 3. The average molecular weight is 655 g/mol. The second-order valence-corrected chi connectivity index (χ2v) is 11.6. The molecule has 1 N–H and O–H groups in total. The van der Waals surface area contributed by atoms with E-state index in [1.807, 2.05) is 39.0 Å². The molecule has 3 amide bonds. The van der Waals surface area contributed by atoms with Crippen LogP contribution in [0.5, 0.6) is 5.75 Å². The Bertz CT molecular complexity index is 1810. The molecule has 0 atom stereocenters. The smallest absolute Gasteiger partial charge is 0.406 e. The topological polar surface area (TPSA) is 102 Å². The van der Waals surface area contributed by atoms with E-state index >= 15 is 0 Å². The highest BCUT2D eigenvalue weighted by molar-refractivity contribution is 8.15. The van der Waals surface area contributed by atoms with Crippen LogP contribution in [0.1, 0.15) is 42.3 Å². The summed E-state index contributed by atoms with van der Waals surface area (Å²) in [7, 11) is 0. The lowest BCUT2D eigenvalue weighted by Crippen LogP contribution is -2.31. The van der Waals surface area contributed by atoms with E-state index in [0.29, 0.717) is 28.5 Å². The van der Waals surface area contributed by atoms with Gasteiger partial charge in [-0.15, -0.1) is 18.3 Å². The van der Waals surface area contributed by atoms with Crippen molar-refractivity contribution in [3.05, 3.63) is 94.5 Å². The number of nitrogens with one attached hydrogen (secondary N) is 1. The molecule has 4 aromatic rings. The summed E-state index contributed by atoms with van der Waals surface area (Å²) in [5.41, 5.74) is 4.20. The van der Waals surface area contributed by atoms with Crippen LogP contribution >= 0.6 is 23.4 Å². The van der Waals surface area contributed by atoms with Gasteiger partial charge in [-0.05, 0) is 78.1 Å². The van der Waals surface area contributed by atoms with Crippen molar-refractivity contribution in [1.29, 1.82) is 0 Å². The summed E-state index contributed by atoms with van der Waals surface area (Å²) in [4.78, 5) is 35.6. The molecule has 1 saturated heterocycles. The standard InChI is InChI=1S/C31H26ClF3N6O3S/c1-18(2)23-11-4-19(3)14-26(23)41-28(42)16-45-30(41)38-29(43)37-25-12-5-20(15-24(25)32)6-13-27-36-17-40(39-27)21-7-9-22(10-8-21)44-31(33,34)35/h4-15,17-18H,16H2,1-3H3,(H,37,43)/b13-6+,38-30?. The minimum Gasteiger partial charge on any atom is -0.406 e. The maximum atomic E-state index is 12.9. The fourth-order valence-electron chi connectivity index (χ4n) is 4.43. The van der Waals surface area contributed by atoms with Crippen LogP contribution in [0.3, 0.4) is 0 Å². The Labute approximate surface area is 265 Å². The number of urea groups is 1. The zero-order valence-corrected chi connectivity index (χ0v) is 25.7. The van der Waals surface area contributed by atoms with Crippen LogP contribution in [0.2, 0.25) is 5.02 Å². The molecular weight excluding hydrogens is 629 g/mol. The van der Waals surface area contributed by atoms with Gasteiger partial charge in [0.05, 0.1) is 27.8 Å². The van der Waals surface area contributed by atoms with Crippen LogP contribution in [-0.4, -0.2) is 44.0 Å². The van der Waals surface area contributed by atoms with Crippen LogP contribution in [0.4, 0.5) is 29.3 Å². The van der Waals surface area contributed by atoms with Gasteiger partial charge >= 0.3 is 12.4 Å². The zero-order valence-electron chi connectivity index (χ0n) is 24.2. The lowest BCUT2D eigenvalue weighted by molar-refractivity contribution is -0.274. The van der Waals surface area contributed by atoms with Gasteiger partial charge in [0.1, 0.15) is 12.1 Å². The summed E-state index contributed by atoms with van der Waals surface area (Å²) in [6.45, 7) is 6.02. The van der Waals surface area contributed by atoms with Crippen LogP contribution in [0.15, 0.2) is 72.0 Å². The summed E-state index contributed by atoms with van der Waals surface area (Å²) < 4.78 is 42.5. The van der Waals surface area contributed by atoms with Crippen molar-refractivity contribution in [2.24, 2.45) is 4.99 Å². The van der Waals surface area contributed by atoms with E-state index in [1.54, 1.807) is 30.4 Å². The zero-order chi connectivity index (χ0) is 32.3. The number of thioether (sulfide) groups is 1. The van der Waals surface area contributed by atoms with Gasteiger partial charge in [0.15, 0.2) is 11.0 Å². The molecule has 9 nitrogen and oxygen atoms in total. The molecule has 3 aromatic carbocycles. The quantitative estimate of drug-likeness (QED) is 0.216. The predicted octanol–water partition coefficient (Wildman–Crippen LogP) is 8.09.